The van der Waals surface area contributed by atoms with E-state index < -0.39 is 6.10 Å². The molecule has 4 heteroatoms. The summed E-state index contributed by atoms with van der Waals surface area (Å²) in [6, 6.07) is 6.96. The third-order valence-electron chi connectivity index (χ3n) is 3.33. The number of ether oxygens (including phenoxy) is 1. The second-order valence-electron chi connectivity index (χ2n) is 4.56. The van der Waals surface area contributed by atoms with Crippen molar-refractivity contribution >= 4 is 5.91 Å². The molecule has 4 nitrogen and oxygen atoms in total. The number of likely N-dealkylation sites (tertiary alicyclic amines) is 1. The van der Waals surface area contributed by atoms with Gasteiger partial charge in [-0.3, -0.25) is 4.79 Å². The van der Waals surface area contributed by atoms with Crippen LogP contribution in [0.2, 0.25) is 0 Å². The Labute approximate surface area is 107 Å². The minimum absolute atomic E-state index is 0.195. The summed E-state index contributed by atoms with van der Waals surface area (Å²) in [7, 11) is 1.59. The molecule has 2 rings (SSSR count). The molecular weight excluding hydrogens is 230 g/mol. The molecule has 0 aliphatic carbocycles. The van der Waals surface area contributed by atoms with E-state index in [1.54, 1.807) is 36.3 Å². The first kappa shape index (κ1) is 12.9. The molecule has 0 saturated carbocycles. The zero-order chi connectivity index (χ0) is 13.0. The van der Waals surface area contributed by atoms with Crippen molar-refractivity contribution < 1.29 is 14.6 Å². The molecule has 0 radical (unpaired) electrons. The van der Waals surface area contributed by atoms with Gasteiger partial charge in [0.2, 0.25) is 0 Å². The van der Waals surface area contributed by atoms with E-state index in [1.165, 1.54) is 6.42 Å². The zero-order valence-electron chi connectivity index (χ0n) is 10.6. The van der Waals surface area contributed by atoms with E-state index in [0.29, 0.717) is 5.56 Å². The second-order valence-corrected chi connectivity index (χ2v) is 4.56. The van der Waals surface area contributed by atoms with Crippen molar-refractivity contribution in [2.45, 2.75) is 25.4 Å². The zero-order valence-corrected chi connectivity index (χ0v) is 10.6. The summed E-state index contributed by atoms with van der Waals surface area (Å²) in [5, 5.41) is 10.1. The standard InChI is InChI=1S/C14H19NO3/c1-18-12-7-5-11(6-8-12)13(16)14(17)15-9-3-2-4-10-15/h5-8,13,16H,2-4,9-10H2,1H3. The van der Waals surface area contributed by atoms with E-state index in [-0.39, 0.29) is 5.91 Å². The van der Waals surface area contributed by atoms with Crippen molar-refractivity contribution in [3.8, 4) is 5.75 Å². The van der Waals surface area contributed by atoms with Gasteiger partial charge in [-0.2, -0.15) is 0 Å². The maximum Gasteiger partial charge on any atom is 0.256 e. The highest BCUT2D eigenvalue weighted by molar-refractivity contribution is 5.82. The minimum atomic E-state index is -1.06. The Hall–Kier alpha value is -1.55. The second kappa shape index (κ2) is 5.87. The van der Waals surface area contributed by atoms with Crippen molar-refractivity contribution in [1.82, 2.24) is 4.90 Å². The molecule has 98 valence electrons. The van der Waals surface area contributed by atoms with Gasteiger partial charge in [0.1, 0.15) is 5.75 Å². The number of carbonyl (C=O) groups excluding carboxylic acids is 1. The predicted molar refractivity (Wildman–Crippen MR) is 68.4 cm³/mol. The summed E-state index contributed by atoms with van der Waals surface area (Å²) >= 11 is 0. The predicted octanol–water partition coefficient (Wildman–Crippen LogP) is 1.74. The largest absolute Gasteiger partial charge is 0.497 e. The Bertz CT molecular complexity index is 396. The molecule has 1 heterocycles. The highest BCUT2D eigenvalue weighted by Gasteiger charge is 2.24. The molecule has 1 aliphatic heterocycles. The average Bonchev–Trinajstić information content (AvgIpc) is 2.47. The molecule has 1 amide bonds. The van der Waals surface area contributed by atoms with Crippen LogP contribution in [0.25, 0.3) is 0 Å². The Morgan fingerprint density at radius 2 is 1.83 bits per heavy atom. The van der Waals surface area contributed by atoms with Crippen LogP contribution in [0.15, 0.2) is 24.3 Å². The van der Waals surface area contributed by atoms with Crippen molar-refractivity contribution in [1.29, 1.82) is 0 Å². The van der Waals surface area contributed by atoms with Crippen LogP contribution in [0.3, 0.4) is 0 Å². The highest BCUT2D eigenvalue weighted by Crippen LogP contribution is 2.21. The highest BCUT2D eigenvalue weighted by atomic mass is 16.5. The van der Waals surface area contributed by atoms with Gasteiger partial charge in [0.25, 0.3) is 5.91 Å². The van der Waals surface area contributed by atoms with Gasteiger partial charge in [-0.15, -0.1) is 0 Å². The van der Waals surface area contributed by atoms with Crippen LogP contribution >= 0.6 is 0 Å². The fourth-order valence-corrected chi connectivity index (χ4v) is 2.22. The summed E-state index contributed by atoms with van der Waals surface area (Å²) in [5.41, 5.74) is 0.617. The molecular formula is C14H19NO3. The van der Waals surface area contributed by atoms with E-state index in [9.17, 15) is 9.90 Å². The van der Waals surface area contributed by atoms with Crippen LogP contribution in [0, 0.1) is 0 Å². The van der Waals surface area contributed by atoms with E-state index in [0.717, 1.165) is 31.7 Å². The van der Waals surface area contributed by atoms with Crippen LogP contribution in [0.5, 0.6) is 5.75 Å². The van der Waals surface area contributed by atoms with Crippen LogP contribution in [0.1, 0.15) is 30.9 Å². The SMILES string of the molecule is COc1ccc(C(O)C(=O)N2CCCCC2)cc1. The van der Waals surface area contributed by atoms with Crippen molar-refractivity contribution in [2.24, 2.45) is 0 Å². The number of amides is 1. The summed E-state index contributed by atoms with van der Waals surface area (Å²) < 4.78 is 5.05. The van der Waals surface area contributed by atoms with E-state index >= 15 is 0 Å². The molecule has 1 N–H and O–H groups in total. The Balaban J connectivity index is 2.04. The van der Waals surface area contributed by atoms with Crippen molar-refractivity contribution in [3.05, 3.63) is 29.8 Å². The lowest BCUT2D eigenvalue weighted by Gasteiger charge is -2.28. The number of aliphatic hydroxyl groups excluding tert-OH is 1. The third-order valence-corrected chi connectivity index (χ3v) is 3.33. The summed E-state index contributed by atoms with van der Waals surface area (Å²) in [5.74, 6) is 0.524. The molecule has 1 unspecified atom stereocenters. The maximum atomic E-state index is 12.1. The Morgan fingerprint density at radius 3 is 2.39 bits per heavy atom. The molecule has 0 spiro atoms. The molecule has 1 fully saturated rings. The number of aliphatic hydroxyl groups is 1. The lowest BCUT2D eigenvalue weighted by atomic mass is 10.1. The molecule has 1 saturated heterocycles. The van der Waals surface area contributed by atoms with E-state index in [2.05, 4.69) is 0 Å². The minimum Gasteiger partial charge on any atom is -0.497 e. The lowest BCUT2D eigenvalue weighted by molar-refractivity contribution is -0.141. The van der Waals surface area contributed by atoms with Gasteiger partial charge >= 0.3 is 0 Å². The summed E-state index contributed by atoms with van der Waals surface area (Å²) in [6.45, 7) is 1.51. The molecule has 0 aromatic heterocycles. The summed E-state index contributed by atoms with van der Waals surface area (Å²) in [6.07, 6.45) is 2.17. The van der Waals surface area contributed by atoms with Crippen LogP contribution in [0.4, 0.5) is 0 Å². The number of methoxy groups -OCH3 is 1. The first-order chi connectivity index (χ1) is 8.72. The first-order valence-electron chi connectivity index (χ1n) is 6.33. The van der Waals surface area contributed by atoms with Crippen molar-refractivity contribution in [2.75, 3.05) is 20.2 Å². The monoisotopic (exact) mass is 249 g/mol. The van der Waals surface area contributed by atoms with Gasteiger partial charge in [-0.25, -0.2) is 0 Å². The fraction of sp³-hybridized carbons (Fsp3) is 0.500. The Kier molecular flexibility index (Phi) is 4.20. The van der Waals surface area contributed by atoms with Crippen molar-refractivity contribution in [3.63, 3.8) is 0 Å². The first-order valence-corrected chi connectivity index (χ1v) is 6.33. The number of rotatable bonds is 3. The fourth-order valence-electron chi connectivity index (χ4n) is 2.22. The number of nitrogens with zero attached hydrogens (tertiary/aromatic N) is 1. The van der Waals surface area contributed by atoms with Crippen LogP contribution < -0.4 is 4.74 Å². The molecule has 1 atom stereocenters. The van der Waals surface area contributed by atoms with E-state index in [4.69, 9.17) is 4.74 Å². The van der Waals surface area contributed by atoms with Crippen LogP contribution in [-0.2, 0) is 4.79 Å². The average molecular weight is 249 g/mol. The molecule has 1 aliphatic rings. The number of benzene rings is 1. The van der Waals surface area contributed by atoms with Gasteiger partial charge in [0.15, 0.2) is 6.10 Å². The van der Waals surface area contributed by atoms with Gasteiger partial charge in [0.05, 0.1) is 7.11 Å². The molecule has 18 heavy (non-hydrogen) atoms. The Morgan fingerprint density at radius 1 is 1.22 bits per heavy atom. The topological polar surface area (TPSA) is 49.8 Å². The van der Waals surface area contributed by atoms with Gasteiger partial charge in [-0.05, 0) is 37.0 Å². The number of piperidine rings is 1. The molecule has 1 aromatic rings. The number of carbonyl (C=O) groups is 1. The molecule has 1 aromatic carbocycles. The number of hydrogen-bond donors (Lipinski definition) is 1. The third kappa shape index (κ3) is 2.82. The quantitative estimate of drug-likeness (QED) is 0.887. The summed E-state index contributed by atoms with van der Waals surface area (Å²) in [4.78, 5) is 13.8. The number of hydrogen-bond acceptors (Lipinski definition) is 3. The molecule has 0 bridgehead atoms. The van der Waals surface area contributed by atoms with Gasteiger partial charge in [-0.1, -0.05) is 12.1 Å². The van der Waals surface area contributed by atoms with Gasteiger partial charge in [0, 0.05) is 13.1 Å². The normalized spacial score (nSPS) is 17.3. The smallest absolute Gasteiger partial charge is 0.256 e. The maximum absolute atomic E-state index is 12.1. The van der Waals surface area contributed by atoms with Crippen LogP contribution in [-0.4, -0.2) is 36.1 Å². The van der Waals surface area contributed by atoms with E-state index in [1.807, 2.05) is 0 Å². The lowest BCUT2D eigenvalue weighted by Crippen LogP contribution is -2.38. The van der Waals surface area contributed by atoms with Gasteiger partial charge < -0.3 is 14.7 Å².